The van der Waals surface area contributed by atoms with Crippen LogP contribution in [0.3, 0.4) is 0 Å². The Labute approximate surface area is 134 Å². The molecule has 1 saturated carbocycles. The Hall–Kier alpha value is -0.590. The fourth-order valence-electron chi connectivity index (χ4n) is 2.72. The number of rotatable bonds is 7. The number of halogens is 1. The second-order valence-corrected chi connectivity index (χ2v) is 9.44. The molecule has 1 fully saturated rings. The highest BCUT2D eigenvalue weighted by Gasteiger charge is 2.16. The normalized spacial score (nSPS) is 16.2. The summed E-state index contributed by atoms with van der Waals surface area (Å²) < 4.78 is 22.4. The van der Waals surface area contributed by atoms with Crippen molar-refractivity contribution in [3.8, 4) is 0 Å². The Morgan fingerprint density at radius 3 is 2.67 bits per heavy atom. The number of amides is 1. The van der Waals surface area contributed by atoms with Gasteiger partial charge in [0.25, 0.3) is 9.05 Å². The molecule has 1 amide bonds. The van der Waals surface area contributed by atoms with E-state index in [0.717, 1.165) is 23.7 Å². The van der Waals surface area contributed by atoms with E-state index in [1.807, 2.05) is 0 Å². The minimum absolute atomic E-state index is 0.0678. The zero-order chi connectivity index (χ0) is 15.3. The van der Waals surface area contributed by atoms with Crippen molar-refractivity contribution < 1.29 is 13.2 Å². The molecule has 1 aromatic rings. The summed E-state index contributed by atoms with van der Waals surface area (Å²) in [7, 11) is 1.57. The zero-order valence-corrected chi connectivity index (χ0v) is 14.2. The van der Waals surface area contributed by atoms with E-state index in [4.69, 9.17) is 10.7 Å². The number of carbonyl (C=O) groups excluding carboxylic acids is 1. The van der Waals surface area contributed by atoms with Crippen LogP contribution >= 0.6 is 22.0 Å². The van der Waals surface area contributed by atoms with Crippen molar-refractivity contribution in [2.45, 2.75) is 49.2 Å². The summed E-state index contributed by atoms with van der Waals surface area (Å²) in [5.74, 6) is 0.775. The van der Waals surface area contributed by atoms with E-state index < -0.39 is 9.05 Å². The number of carbonyl (C=O) groups is 1. The van der Waals surface area contributed by atoms with Crippen molar-refractivity contribution in [1.82, 2.24) is 5.32 Å². The number of thiophene rings is 1. The highest BCUT2D eigenvalue weighted by molar-refractivity contribution is 8.15. The first-order valence-electron chi connectivity index (χ1n) is 7.25. The third-order valence-electron chi connectivity index (χ3n) is 3.80. The predicted octanol–water partition coefficient (Wildman–Crippen LogP) is 3.30. The number of nitrogens with one attached hydrogen (secondary N) is 1. The Morgan fingerprint density at radius 2 is 2.05 bits per heavy atom. The summed E-state index contributed by atoms with van der Waals surface area (Å²) in [6, 6.07) is 3.08. The van der Waals surface area contributed by atoms with E-state index in [0.29, 0.717) is 11.4 Å². The first-order chi connectivity index (χ1) is 9.95. The molecule has 0 spiro atoms. The van der Waals surface area contributed by atoms with Crippen molar-refractivity contribution in [2.75, 3.05) is 6.54 Å². The van der Waals surface area contributed by atoms with Gasteiger partial charge in [-0.2, -0.15) is 0 Å². The lowest BCUT2D eigenvalue weighted by atomic mass is 10.0. The smallest absolute Gasteiger partial charge is 0.270 e. The van der Waals surface area contributed by atoms with E-state index >= 15 is 0 Å². The molecule has 0 aliphatic heterocycles. The SMILES string of the molecule is O=C(Cc1ccc(S(=O)(=O)Cl)s1)NCCCC1CCCC1. The summed E-state index contributed by atoms with van der Waals surface area (Å²) >= 11 is 1.05. The Morgan fingerprint density at radius 1 is 1.33 bits per heavy atom. The van der Waals surface area contributed by atoms with Crippen LogP contribution in [0.2, 0.25) is 0 Å². The Bertz CT molecular complexity index is 577. The first-order valence-corrected chi connectivity index (χ1v) is 10.4. The molecule has 1 heterocycles. The van der Waals surface area contributed by atoms with Gasteiger partial charge in [0.1, 0.15) is 4.21 Å². The average molecular weight is 350 g/mol. The molecule has 0 unspecified atom stereocenters. The van der Waals surface area contributed by atoms with Gasteiger partial charge in [-0.1, -0.05) is 25.7 Å². The van der Waals surface area contributed by atoms with Gasteiger partial charge in [-0.05, 0) is 30.9 Å². The van der Waals surface area contributed by atoms with Gasteiger partial charge < -0.3 is 5.32 Å². The highest BCUT2D eigenvalue weighted by Crippen LogP contribution is 2.28. The van der Waals surface area contributed by atoms with Crippen molar-refractivity contribution in [2.24, 2.45) is 5.92 Å². The highest BCUT2D eigenvalue weighted by atomic mass is 35.7. The zero-order valence-electron chi connectivity index (χ0n) is 11.8. The molecule has 1 aliphatic carbocycles. The largest absolute Gasteiger partial charge is 0.356 e. The van der Waals surface area contributed by atoms with Crippen molar-refractivity contribution in [3.05, 3.63) is 17.0 Å². The molecule has 21 heavy (non-hydrogen) atoms. The van der Waals surface area contributed by atoms with Gasteiger partial charge in [0.05, 0.1) is 6.42 Å². The van der Waals surface area contributed by atoms with E-state index in [-0.39, 0.29) is 16.5 Å². The summed E-state index contributed by atoms with van der Waals surface area (Å²) in [6.45, 7) is 0.696. The van der Waals surface area contributed by atoms with Crippen LogP contribution in [0.4, 0.5) is 0 Å². The maximum absolute atomic E-state index is 11.8. The minimum Gasteiger partial charge on any atom is -0.356 e. The third-order valence-corrected chi connectivity index (χ3v) is 6.98. The van der Waals surface area contributed by atoms with Crippen LogP contribution < -0.4 is 5.32 Å². The molecule has 1 aromatic heterocycles. The molecule has 0 saturated heterocycles. The van der Waals surface area contributed by atoms with E-state index in [1.165, 1.54) is 38.2 Å². The predicted molar refractivity (Wildman–Crippen MR) is 85.3 cm³/mol. The fraction of sp³-hybridized carbons (Fsp3) is 0.643. The molecule has 1 N–H and O–H groups in total. The van der Waals surface area contributed by atoms with Gasteiger partial charge in [0.15, 0.2) is 0 Å². The molecule has 2 rings (SSSR count). The quantitative estimate of drug-likeness (QED) is 0.606. The number of hydrogen-bond donors (Lipinski definition) is 1. The fourth-order valence-corrected chi connectivity index (χ4v) is 4.84. The van der Waals surface area contributed by atoms with Crippen LogP contribution in [-0.4, -0.2) is 20.9 Å². The monoisotopic (exact) mass is 349 g/mol. The van der Waals surface area contributed by atoms with Crippen molar-refractivity contribution >= 4 is 37.0 Å². The van der Waals surface area contributed by atoms with Gasteiger partial charge in [-0.25, -0.2) is 8.42 Å². The molecule has 1 aliphatic rings. The lowest BCUT2D eigenvalue weighted by Crippen LogP contribution is -2.26. The first kappa shape index (κ1) is 16.8. The Kier molecular flexibility index (Phi) is 6.08. The maximum atomic E-state index is 11.8. The van der Waals surface area contributed by atoms with Crippen LogP contribution in [0.5, 0.6) is 0 Å². The molecular formula is C14H20ClNO3S2. The van der Waals surface area contributed by atoms with E-state index in [1.54, 1.807) is 6.07 Å². The van der Waals surface area contributed by atoms with Crippen LogP contribution in [-0.2, 0) is 20.3 Å². The van der Waals surface area contributed by atoms with Gasteiger partial charge in [0.2, 0.25) is 5.91 Å². The topological polar surface area (TPSA) is 63.2 Å². The summed E-state index contributed by atoms with van der Waals surface area (Å²) in [5.41, 5.74) is 0. The van der Waals surface area contributed by atoms with Gasteiger partial charge >= 0.3 is 0 Å². The van der Waals surface area contributed by atoms with Gasteiger partial charge in [-0.3, -0.25) is 4.79 Å². The molecule has 0 radical (unpaired) electrons. The second-order valence-electron chi connectivity index (χ2n) is 5.48. The van der Waals surface area contributed by atoms with Crippen LogP contribution in [0.1, 0.15) is 43.4 Å². The minimum atomic E-state index is -3.69. The average Bonchev–Trinajstić information content (AvgIpc) is 3.04. The summed E-state index contributed by atoms with van der Waals surface area (Å²) in [5, 5.41) is 2.89. The standard InChI is InChI=1S/C14H20ClNO3S2/c15-21(18,19)14-8-7-12(20-14)10-13(17)16-9-3-6-11-4-1-2-5-11/h7-8,11H,1-6,9-10H2,(H,16,17). The Balaban J connectivity index is 1.68. The van der Waals surface area contributed by atoms with Gasteiger partial charge in [-0.15, -0.1) is 11.3 Å². The third kappa shape index (κ3) is 5.60. The maximum Gasteiger partial charge on any atom is 0.270 e. The number of hydrogen-bond acceptors (Lipinski definition) is 4. The molecule has 0 aromatic carbocycles. The van der Waals surface area contributed by atoms with Crippen LogP contribution in [0, 0.1) is 5.92 Å². The van der Waals surface area contributed by atoms with Crippen molar-refractivity contribution in [3.63, 3.8) is 0 Å². The van der Waals surface area contributed by atoms with Gasteiger partial charge in [0, 0.05) is 22.1 Å². The van der Waals surface area contributed by atoms with E-state index in [2.05, 4.69) is 5.32 Å². The molecule has 0 atom stereocenters. The lowest BCUT2D eigenvalue weighted by Gasteiger charge is -2.09. The molecular weight excluding hydrogens is 330 g/mol. The van der Waals surface area contributed by atoms with Crippen LogP contribution in [0.15, 0.2) is 16.3 Å². The molecule has 118 valence electrons. The summed E-state index contributed by atoms with van der Waals surface area (Å²) in [6.07, 6.45) is 7.77. The second kappa shape index (κ2) is 7.61. The lowest BCUT2D eigenvalue weighted by molar-refractivity contribution is -0.120. The molecule has 0 bridgehead atoms. The summed E-state index contributed by atoms with van der Waals surface area (Å²) in [4.78, 5) is 12.5. The molecule has 7 heteroatoms. The van der Waals surface area contributed by atoms with Crippen LogP contribution in [0.25, 0.3) is 0 Å². The molecule has 4 nitrogen and oxygen atoms in total. The van der Waals surface area contributed by atoms with E-state index in [9.17, 15) is 13.2 Å². The van der Waals surface area contributed by atoms with Crippen molar-refractivity contribution in [1.29, 1.82) is 0 Å².